The zero-order chi connectivity index (χ0) is 14.2. The molecule has 4 heteroatoms. The van der Waals surface area contributed by atoms with Gasteiger partial charge in [-0.1, -0.05) is 0 Å². The Bertz CT molecular complexity index is 479. The fraction of sp³-hybridized carbons (Fsp3) is 0.667. The van der Waals surface area contributed by atoms with Gasteiger partial charge in [-0.2, -0.15) is 0 Å². The molecule has 106 valence electrons. The van der Waals surface area contributed by atoms with Gasteiger partial charge in [0.25, 0.3) is 0 Å². The number of hydrogen-bond acceptors (Lipinski definition) is 3. The topological polar surface area (TPSA) is 34.5 Å². The minimum absolute atomic E-state index is 0.188. The molecule has 19 heavy (non-hydrogen) atoms. The predicted molar refractivity (Wildman–Crippen MR) is 75.3 cm³/mol. The molecule has 0 radical (unpaired) electrons. The first-order chi connectivity index (χ1) is 8.93. The van der Waals surface area contributed by atoms with E-state index in [-0.39, 0.29) is 5.97 Å². The number of likely N-dealkylation sites (N-methyl/N-ethyl adjacent to an activating group) is 1. The zero-order valence-corrected chi connectivity index (χ0v) is 12.6. The molecule has 0 bridgehead atoms. The van der Waals surface area contributed by atoms with Gasteiger partial charge in [0, 0.05) is 24.0 Å². The molecule has 2 unspecified atom stereocenters. The van der Waals surface area contributed by atoms with Crippen molar-refractivity contribution in [2.24, 2.45) is 0 Å². The maximum Gasteiger partial charge on any atom is 0.325 e. The van der Waals surface area contributed by atoms with E-state index in [9.17, 15) is 4.79 Å². The second-order valence-electron chi connectivity index (χ2n) is 5.69. The summed E-state index contributed by atoms with van der Waals surface area (Å²) in [5.74, 6) is -0.188. The van der Waals surface area contributed by atoms with Gasteiger partial charge >= 0.3 is 5.97 Å². The molecule has 2 rings (SSSR count). The van der Waals surface area contributed by atoms with Crippen molar-refractivity contribution >= 4 is 5.97 Å². The molecule has 0 aromatic carbocycles. The minimum Gasteiger partial charge on any atom is -0.468 e. The first-order valence-electron chi connectivity index (χ1n) is 6.90. The Kier molecular flexibility index (Phi) is 3.99. The lowest BCUT2D eigenvalue weighted by Gasteiger charge is -2.28. The van der Waals surface area contributed by atoms with Crippen LogP contribution in [0.5, 0.6) is 0 Å². The lowest BCUT2D eigenvalue weighted by molar-refractivity contribution is -0.141. The van der Waals surface area contributed by atoms with E-state index in [1.54, 1.807) is 0 Å². The summed E-state index contributed by atoms with van der Waals surface area (Å²) < 4.78 is 6.79. The molecule has 4 nitrogen and oxygen atoms in total. The maximum atomic E-state index is 11.4. The molecule has 0 fully saturated rings. The number of carbonyl (C=O) groups is 1. The number of rotatable bonds is 2. The average molecular weight is 264 g/mol. The summed E-state index contributed by atoms with van der Waals surface area (Å²) in [7, 11) is 3.63. The first-order valence-corrected chi connectivity index (χ1v) is 6.90. The molecule has 1 aliphatic heterocycles. The summed E-state index contributed by atoms with van der Waals surface area (Å²) >= 11 is 0. The van der Waals surface area contributed by atoms with Crippen LogP contribution in [0.1, 0.15) is 30.7 Å². The van der Waals surface area contributed by atoms with Crippen molar-refractivity contribution < 1.29 is 9.53 Å². The Morgan fingerprint density at radius 2 is 2.00 bits per heavy atom. The lowest BCUT2D eigenvalue weighted by atomic mass is 10.0. The number of fused-ring (bicyclic) bond motifs is 1. The molecule has 2 heterocycles. The minimum atomic E-state index is -0.188. The van der Waals surface area contributed by atoms with Gasteiger partial charge in [0.1, 0.15) is 6.54 Å². The van der Waals surface area contributed by atoms with Crippen molar-refractivity contribution in [1.82, 2.24) is 9.47 Å². The summed E-state index contributed by atoms with van der Waals surface area (Å²) in [6.45, 7) is 6.94. The van der Waals surface area contributed by atoms with Gasteiger partial charge in [0.2, 0.25) is 0 Å². The van der Waals surface area contributed by atoms with Gasteiger partial charge in [-0.3, -0.25) is 4.79 Å². The lowest BCUT2D eigenvalue weighted by Crippen LogP contribution is -2.37. The van der Waals surface area contributed by atoms with Crippen molar-refractivity contribution in [3.05, 3.63) is 23.0 Å². The van der Waals surface area contributed by atoms with Gasteiger partial charge in [-0.25, -0.2) is 0 Å². The largest absolute Gasteiger partial charge is 0.468 e. The summed E-state index contributed by atoms with van der Waals surface area (Å²) in [6, 6.07) is 1.06. The van der Waals surface area contributed by atoms with Gasteiger partial charge in [0.15, 0.2) is 0 Å². The van der Waals surface area contributed by atoms with Crippen LogP contribution in [-0.4, -0.2) is 41.7 Å². The highest BCUT2D eigenvalue weighted by molar-refractivity contribution is 5.69. The van der Waals surface area contributed by atoms with Crippen LogP contribution < -0.4 is 0 Å². The van der Waals surface area contributed by atoms with Crippen molar-refractivity contribution in [2.45, 2.75) is 52.2 Å². The molecule has 2 atom stereocenters. The Morgan fingerprint density at radius 1 is 1.37 bits per heavy atom. The molecule has 0 aliphatic carbocycles. The van der Waals surface area contributed by atoms with Gasteiger partial charge < -0.3 is 14.2 Å². The fourth-order valence-electron chi connectivity index (χ4n) is 2.93. The SMILES string of the molecule is COC(=O)Cn1cc2c(c1C)CC(C)N(C)C(C)C2. The van der Waals surface area contributed by atoms with E-state index in [0.29, 0.717) is 18.6 Å². The molecule has 0 spiro atoms. The molecule has 1 aliphatic rings. The van der Waals surface area contributed by atoms with Crippen molar-refractivity contribution in [2.75, 3.05) is 14.2 Å². The number of nitrogens with zero attached hydrogens (tertiary/aromatic N) is 2. The van der Waals surface area contributed by atoms with E-state index >= 15 is 0 Å². The van der Waals surface area contributed by atoms with Gasteiger partial charge in [-0.15, -0.1) is 0 Å². The van der Waals surface area contributed by atoms with Crippen LogP contribution in [0.25, 0.3) is 0 Å². The average Bonchev–Trinajstić information content (AvgIpc) is 2.60. The second-order valence-corrected chi connectivity index (χ2v) is 5.69. The highest BCUT2D eigenvalue weighted by atomic mass is 16.5. The van der Waals surface area contributed by atoms with Gasteiger partial charge in [-0.05, 0) is 51.8 Å². The summed E-state index contributed by atoms with van der Waals surface area (Å²) in [4.78, 5) is 13.9. The van der Waals surface area contributed by atoms with E-state index < -0.39 is 0 Å². The molecular weight excluding hydrogens is 240 g/mol. The van der Waals surface area contributed by atoms with Crippen LogP contribution >= 0.6 is 0 Å². The maximum absolute atomic E-state index is 11.4. The number of esters is 1. The highest BCUT2D eigenvalue weighted by Gasteiger charge is 2.26. The molecule has 0 amide bonds. The number of aromatic nitrogens is 1. The monoisotopic (exact) mass is 264 g/mol. The Morgan fingerprint density at radius 3 is 2.63 bits per heavy atom. The molecule has 0 N–H and O–H groups in total. The third-order valence-corrected chi connectivity index (χ3v) is 4.50. The highest BCUT2D eigenvalue weighted by Crippen LogP contribution is 2.26. The number of methoxy groups -OCH3 is 1. The Hall–Kier alpha value is -1.29. The smallest absolute Gasteiger partial charge is 0.325 e. The molecular formula is C15H24N2O2. The standard InChI is InChI=1S/C15H24N2O2/c1-10-6-13-8-17(9-15(18)19-5)12(3)14(13)7-11(2)16(10)4/h8,10-11H,6-7,9H2,1-5H3. The summed E-state index contributed by atoms with van der Waals surface area (Å²) in [5.41, 5.74) is 3.99. The second kappa shape index (κ2) is 5.37. The van der Waals surface area contributed by atoms with Crippen LogP contribution in [0.15, 0.2) is 6.20 Å². The van der Waals surface area contributed by atoms with Crippen LogP contribution in [-0.2, 0) is 28.9 Å². The van der Waals surface area contributed by atoms with Crippen molar-refractivity contribution in [1.29, 1.82) is 0 Å². The Balaban J connectivity index is 2.31. The molecule has 1 aromatic rings. The van der Waals surface area contributed by atoms with Crippen LogP contribution in [0.4, 0.5) is 0 Å². The normalized spacial score (nSPS) is 23.8. The van der Waals surface area contributed by atoms with Crippen LogP contribution in [0.3, 0.4) is 0 Å². The zero-order valence-electron chi connectivity index (χ0n) is 12.6. The van der Waals surface area contributed by atoms with Crippen LogP contribution in [0.2, 0.25) is 0 Å². The Labute approximate surface area is 115 Å². The van der Waals surface area contributed by atoms with E-state index in [1.165, 1.54) is 23.9 Å². The van der Waals surface area contributed by atoms with Crippen molar-refractivity contribution in [3.63, 3.8) is 0 Å². The first kappa shape index (κ1) is 14.1. The quantitative estimate of drug-likeness (QED) is 0.764. The van der Waals surface area contributed by atoms with Crippen LogP contribution in [0, 0.1) is 6.92 Å². The van der Waals surface area contributed by atoms with Crippen molar-refractivity contribution in [3.8, 4) is 0 Å². The van der Waals surface area contributed by atoms with Gasteiger partial charge in [0.05, 0.1) is 7.11 Å². The summed E-state index contributed by atoms with van der Waals surface area (Å²) in [5, 5.41) is 0. The molecule has 1 aromatic heterocycles. The molecule has 0 saturated heterocycles. The number of ether oxygens (including phenoxy) is 1. The third kappa shape index (κ3) is 2.68. The fourth-order valence-corrected chi connectivity index (χ4v) is 2.93. The molecule has 0 saturated carbocycles. The van der Waals surface area contributed by atoms with E-state index in [1.807, 2.05) is 4.57 Å². The van der Waals surface area contributed by atoms with E-state index in [0.717, 1.165) is 12.8 Å². The predicted octanol–water partition coefficient (Wildman–Crippen LogP) is 1.78. The summed E-state index contributed by atoms with van der Waals surface area (Å²) in [6.07, 6.45) is 4.23. The van der Waals surface area contributed by atoms with E-state index in [2.05, 4.69) is 38.9 Å². The number of hydrogen-bond donors (Lipinski definition) is 0. The number of carbonyl (C=O) groups excluding carboxylic acids is 1. The van der Waals surface area contributed by atoms with E-state index in [4.69, 9.17) is 4.74 Å². The third-order valence-electron chi connectivity index (χ3n) is 4.50.